The lowest BCUT2D eigenvalue weighted by atomic mass is 9.84. The highest BCUT2D eigenvalue weighted by molar-refractivity contribution is 5.32. The summed E-state index contributed by atoms with van der Waals surface area (Å²) < 4.78 is 13.8. The molecule has 0 unspecified atom stereocenters. The molecule has 0 amide bonds. The Balaban J connectivity index is 2.20. The molecule has 0 bridgehead atoms. The molecule has 2 rings (SSSR count). The monoisotopic (exact) mass is 235 g/mol. The first kappa shape index (κ1) is 12.6. The largest absolute Gasteiger partial charge is 0.317 e. The summed E-state index contributed by atoms with van der Waals surface area (Å²) in [6, 6.07) is 8.35. The van der Waals surface area contributed by atoms with Crippen LogP contribution in [0.4, 0.5) is 4.39 Å². The van der Waals surface area contributed by atoms with E-state index in [0.717, 1.165) is 13.1 Å². The van der Waals surface area contributed by atoms with Crippen molar-refractivity contribution in [3.05, 3.63) is 35.4 Å². The second kappa shape index (κ2) is 5.18. The van der Waals surface area contributed by atoms with E-state index in [2.05, 4.69) is 23.5 Å². The van der Waals surface area contributed by atoms with E-state index < -0.39 is 5.67 Å². The van der Waals surface area contributed by atoms with Crippen LogP contribution < -0.4 is 5.32 Å². The summed E-state index contributed by atoms with van der Waals surface area (Å²) >= 11 is 0. The van der Waals surface area contributed by atoms with Crippen molar-refractivity contribution in [2.45, 2.75) is 44.7 Å². The van der Waals surface area contributed by atoms with Crippen LogP contribution in [0.5, 0.6) is 0 Å². The molecule has 0 spiro atoms. The van der Waals surface area contributed by atoms with Crippen LogP contribution in [0.25, 0.3) is 0 Å². The molecular formula is C15H22FN. The number of halogens is 1. The Bertz CT molecular complexity index is 361. The lowest BCUT2D eigenvalue weighted by Crippen LogP contribution is -2.27. The number of alkyl halides is 1. The highest BCUT2D eigenvalue weighted by Gasteiger charge is 2.22. The molecule has 0 aromatic heterocycles. The van der Waals surface area contributed by atoms with Gasteiger partial charge >= 0.3 is 0 Å². The van der Waals surface area contributed by atoms with Crippen molar-refractivity contribution in [2.24, 2.45) is 0 Å². The van der Waals surface area contributed by atoms with Gasteiger partial charge in [-0.1, -0.05) is 24.3 Å². The molecule has 17 heavy (non-hydrogen) atoms. The zero-order valence-corrected chi connectivity index (χ0v) is 10.8. The Morgan fingerprint density at radius 3 is 2.53 bits per heavy atom. The Kier molecular flexibility index (Phi) is 3.82. The van der Waals surface area contributed by atoms with Gasteiger partial charge in [0.15, 0.2) is 0 Å². The van der Waals surface area contributed by atoms with Gasteiger partial charge in [0.05, 0.1) is 0 Å². The van der Waals surface area contributed by atoms with Crippen molar-refractivity contribution in [1.82, 2.24) is 5.32 Å². The van der Waals surface area contributed by atoms with Crippen LogP contribution in [-0.2, 0) is 6.42 Å². The van der Waals surface area contributed by atoms with Crippen molar-refractivity contribution in [2.75, 3.05) is 13.1 Å². The highest BCUT2D eigenvalue weighted by Crippen LogP contribution is 2.30. The Morgan fingerprint density at radius 2 is 1.88 bits per heavy atom. The summed E-state index contributed by atoms with van der Waals surface area (Å²) in [6.45, 7) is 5.48. The number of hydrogen-bond acceptors (Lipinski definition) is 1. The Hall–Kier alpha value is -0.890. The van der Waals surface area contributed by atoms with Gasteiger partial charge in [0.25, 0.3) is 0 Å². The smallest absolute Gasteiger partial charge is 0.109 e. The van der Waals surface area contributed by atoms with Gasteiger partial charge in [-0.3, -0.25) is 0 Å². The molecule has 0 saturated carbocycles. The molecule has 1 heterocycles. The van der Waals surface area contributed by atoms with Crippen LogP contribution in [0.3, 0.4) is 0 Å². The standard InChI is InChI=1S/C15H22FN/c1-15(2,16)11-13-5-3-4-6-14(13)12-7-9-17-10-8-12/h3-6,12,17H,7-11H2,1-2H3. The normalized spacial score (nSPS) is 18.3. The molecule has 94 valence electrons. The SMILES string of the molecule is CC(C)(F)Cc1ccccc1C1CCNCC1. The molecule has 0 radical (unpaired) electrons. The fourth-order valence-electron chi connectivity index (χ4n) is 2.68. The molecule has 1 aromatic rings. The molecule has 1 aliphatic heterocycles. The predicted octanol–water partition coefficient (Wildman–Crippen LogP) is 3.44. The predicted molar refractivity (Wildman–Crippen MR) is 70.2 cm³/mol. The maximum Gasteiger partial charge on any atom is 0.109 e. The quantitative estimate of drug-likeness (QED) is 0.846. The third kappa shape index (κ3) is 3.53. The van der Waals surface area contributed by atoms with E-state index in [9.17, 15) is 4.39 Å². The summed E-state index contributed by atoms with van der Waals surface area (Å²) in [4.78, 5) is 0. The minimum absolute atomic E-state index is 0.521. The fourth-order valence-corrected chi connectivity index (χ4v) is 2.68. The zero-order valence-electron chi connectivity index (χ0n) is 10.8. The van der Waals surface area contributed by atoms with Crippen LogP contribution in [0.2, 0.25) is 0 Å². The van der Waals surface area contributed by atoms with Crippen molar-refractivity contribution in [1.29, 1.82) is 0 Å². The van der Waals surface area contributed by atoms with Crippen molar-refractivity contribution in [3.63, 3.8) is 0 Å². The molecule has 1 N–H and O–H groups in total. The maximum absolute atomic E-state index is 13.8. The van der Waals surface area contributed by atoms with E-state index in [-0.39, 0.29) is 0 Å². The van der Waals surface area contributed by atoms with Crippen LogP contribution in [0, 0.1) is 0 Å². The number of benzene rings is 1. The zero-order chi connectivity index (χ0) is 12.3. The number of rotatable bonds is 3. The van der Waals surface area contributed by atoms with Gasteiger partial charge in [0.2, 0.25) is 0 Å². The van der Waals surface area contributed by atoms with E-state index in [1.807, 2.05) is 6.07 Å². The average molecular weight is 235 g/mol. The van der Waals surface area contributed by atoms with Crippen molar-refractivity contribution < 1.29 is 4.39 Å². The van der Waals surface area contributed by atoms with E-state index in [1.54, 1.807) is 13.8 Å². The summed E-state index contributed by atoms with van der Waals surface area (Å²) in [5.74, 6) is 0.606. The van der Waals surface area contributed by atoms with Crippen LogP contribution in [0.15, 0.2) is 24.3 Å². The van der Waals surface area contributed by atoms with Crippen molar-refractivity contribution in [3.8, 4) is 0 Å². The van der Waals surface area contributed by atoms with E-state index in [4.69, 9.17) is 0 Å². The van der Waals surface area contributed by atoms with Gasteiger partial charge in [0, 0.05) is 6.42 Å². The lowest BCUT2D eigenvalue weighted by molar-refractivity contribution is 0.216. The first-order valence-electron chi connectivity index (χ1n) is 6.54. The van der Waals surface area contributed by atoms with Gasteiger partial charge < -0.3 is 5.32 Å². The van der Waals surface area contributed by atoms with Crippen LogP contribution >= 0.6 is 0 Å². The fraction of sp³-hybridized carbons (Fsp3) is 0.600. The number of nitrogens with one attached hydrogen (secondary N) is 1. The second-order valence-electron chi connectivity index (χ2n) is 5.62. The molecule has 1 saturated heterocycles. The van der Waals surface area contributed by atoms with E-state index in [0.29, 0.717) is 12.3 Å². The van der Waals surface area contributed by atoms with Crippen LogP contribution in [0.1, 0.15) is 43.7 Å². The molecule has 1 aliphatic rings. The first-order chi connectivity index (χ1) is 8.06. The average Bonchev–Trinajstić information content (AvgIpc) is 2.29. The summed E-state index contributed by atoms with van der Waals surface area (Å²) in [6.07, 6.45) is 2.86. The van der Waals surface area contributed by atoms with Gasteiger partial charge in [-0.05, 0) is 56.8 Å². The maximum atomic E-state index is 13.8. The van der Waals surface area contributed by atoms with Crippen LogP contribution in [-0.4, -0.2) is 18.8 Å². The molecule has 2 heteroatoms. The molecule has 1 nitrogen and oxygen atoms in total. The van der Waals surface area contributed by atoms with Gasteiger partial charge in [0.1, 0.15) is 5.67 Å². The molecule has 0 atom stereocenters. The van der Waals surface area contributed by atoms with E-state index in [1.165, 1.54) is 24.0 Å². The minimum atomic E-state index is -1.12. The minimum Gasteiger partial charge on any atom is -0.317 e. The second-order valence-corrected chi connectivity index (χ2v) is 5.62. The summed E-state index contributed by atoms with van der Waals surface area (Å²) in [5.41, 5.74) is 1.43. The number of piperidine rings is 1. The summed E-state index contributed by atoms with van der Waals surface area (Å²) in [7, 11) is 0. The molecular weight excluding hydrogens is 213 g/mol. The third-order valence-corrected chi connectivity index (χ3v) is 3.44. The van der Waals surface area contributed by atoms with Gasteiger partial charge in [-0.2, -0.15) is 0 Å². The Labute approximate surface area is 103 Å². The third-order valence-electron chi connectivity index (χ3n) is 3.44. The first-order valence-corrected chi connectivity index (χ1v) is 6.54. The van der Waals surface area contributed by atoms with Gasteiger partial charge in [-0.15, -0.1) is 0 Å². The molecule has 0 aliphatic carbocycles. The number of hydrogen-bond donors (Lipinski definition) is 1. The highest BCUT2D eigenvalue weighted by atomic mass is 19.1. The van der Waals surface area contributed by atoms with Gasteiger partial charge in [-0.25, -0.2) is 4.39 Å². The Morgan fingerprint density at radius 1 is 1.24 bits per heavy atom. The topological polar surface area (TPSA) is 12.0 Å². The lowest BCUT2D eigenvalue weighted by Gasteiger charge is -2.26. The molecule has 1 fully saturated rings. The van der Waals surface area contributed by atoms with E-state index >= 15 is 0 Å². The summed E-state index contributed by atoms with van der Waals surface area (Å²) in [5, 5.41) is 3.38. The van der Waals surface area contributed by atoms with Crippen molar-refractivity contribution >= 4 is 0 Å². The molecule has 1 aromatic carbocycles.